The highest BCUT2D eigenvalue weighted by atomic mass is 16.3. The lowest BCUT2D eigenvalue weighted by atomic mass is 10.3. The summed E-state index contributed by atoms with van der Waals surface area (Å²) < 4.78 is 0. The lowest BCUT2D eigenvalue weighted by Gasteiger charge is -2.00. The molecule has 1 atom stereocenters. The predicted molar refractivity (Wildman–Crippen MR) is 51.6 cm³/mol. The SMILES string of the molecule is OCC(O)/C=N/Nc1ccccc1. The van der Waals surface area contributed by atoms with Gasteiger partial charge >= 0.3 is 0 Å². The molecule has 70 valence electrons. The first kappa shape index (κ1) is 9.70. The Kier molecular flexibility index (Phi) is 3.95. The lowest BCUT2D eigenvalue weighted by molar-refractivity contribution is 0.148. The largest absolute Gasteiger partial charge is 0.393 e. The fraction of sp³-hybridized carbons (Fsp3) is 0.222. The first-order valence-electron chi connectivity index (χ1n) is 3.96. The number of aliphatic hydroxyl groups excluding tert-OH is 2. The molecule has 1 aromatic rings. The van der Waals surface area contributed by atoms with Crippen LogP contribution in [0.4, 0.5) is 5.69 Å². The van der Waals surface area contributed by atoms with E-state index in [1.807, 2.05) is 30.3 Å². The number of aliphatic hydroxyl groups is 2. The van der Waals surface area contributed by atoms with E-state index in [1.165, 1.54) is 6.21 Å². The van der Waals surface area contributed by atoms with Crippen LogP contribution in [0.3, 0.4) is 0 Å². The summed E-state index contributed by atoms with van der Waals surface area (Å²) in [4.78, 5) is 0. The highest BCUT2D eigenvalue weighted by Gasteiger charge is 1.93. The van der Waals surface area contributed by atoms with Gasteiger partial charge in [-0.3, -0.25) is 5.43 Å². The Morgan fingerprint density at radius 3 is 2.69 bits per heavy atom. The Labute approximate surface area is 76.5 Å². The van der Waals surface area contributed by atoms with Crippen LogP contribution in [-0.4, -0.2) is 29.1 Å². The van der Waals surface area contributed by atoms with Crippen LogP contribution in [0.5, 0.6) is 0 Å². The van der Waals surface area contributed by atoms with Crippen molar-refractivity contribution >= 4 is 11.9 Å². The van der Waals surface area contributed by atoms with E-state index < -0.39 is 6.10 Å². The maximum atomic E-state index is 8.90. The minimum atomic E-state index is -0.906. The van der Waals surface area contributed by atoms with Gasteiger partial charge in [-0.1, -0.05) is 18.2 Å². The van der Waals surface area contributed by atoms with Crippen LogP contribution in [0, 0.1) is 0 Å². The van der Waals surface area contributed by atoms with Crippen LogP contribution in [0.1, 0.15) is 0 Å². The van der Waals surface area contributed by atoms with Gasteiger partial charge in [0.15, 0.2) is 0 Å². The normalized spacial score (nSPS) is 13.1. The topological polar surface area (TPSA) is 64.8 Å². The van der Waals surface area contributed by atoms with Gasteiger partial charge in [0.1, 0.15) is 6.10 Å². The van der Waals surface area contributed by atoms with Crippen molar-refractivity contribution in [2.45, 2.75) is 6.10 Å². The van der Waals surface area contributed by atoms with Gasteiger partial charge in [-0.05, 0) is 12.1 Å². The zero-order valence-electron chi connectivity index (χ0n) is 7.09. The van der Waals surface area contributed by atoms with Gasteiger partial charge in [-0.15, -0.1) is 0 Å². The molecule has 0 aliphatic heterocycles. The summed E-state index contributed by atoms with van der Waals surface area (Å²) >= 11 is 0. The van der Waals surface area contributed by atoms with Crippen molar-refractivity contribution in [1.82, 2.24) is 0 Å². The second kappa shape index (κ2) is 5.29. The van der Waals surface area contributed by atoms with Crippen LogP contribution in [0.15, 0.2) is 35.4 Å². The third-order valence-electron chi connectivity index (χ3n) is 1.40. The highest BCUT2D eigenvalue weighted by molar-refractivity contribution is 5.64. The molecule has 4 heteroatoms. The van der Waals surface area contributed by atoms with E-state index in [0.29, 0.717) is 0 Å². The molecule has 0 bridgehead atoms. The molecule has 0 amide bonds. The average molecular weight is 180 g/mol. The van der Waals surface area contributed by atoms with Crippen LogP contribution >= 0.6 is 0 Å². The maximum Gasteiger partial charge on any atom is 0.114 e. The van der Waals surface area contributed by atoms with Crippen LogP contribution in [-0.2, 0) is 0 Å². The Morgan fingerprint density at radius 2 is 2.08 bits per heavy atom. The molecule has 0 saturated carbocycles. The molecule has 0 radical (unpaired) electrons. The molecular weight excluding hydrogens is 168 g/mol. The van der Waals surface area contributed by atoms with Gasteiger partial charge in [0.05, 0.1) is 18.5 Å². The number of hydrogen-bond donors (Lipinski definition) is 3. The van der Waals surface area contributed by atoms with E-state index in [2.05, 4.69) is 10.5 Å². The Bertz CT molecular complexity index is 262. The molecule has 0 aliphatic carbocycles. The van der Waals surface area contributed by atoms with E-state index in [9.17, 15) is 0 Å². The smallest absolute Gasteiger partial charge is 0.114 e. The number of rotatable bonds is 4. The Morgan fingerprint density at radius 1 is 1.38 bits per heavy atom. The van der Waals surface area contributed by atoms with E-state index in [-0.39, 0.29) is 6.61 Å². The lowest BCUT2D eigenvalue weighted by Crippen LogP contribution is -2.13. The molecule has 0 spiro atoms. The number of hydrogen-bond acceptors (Lipinski definition) is 4. The molecule has 13 heavy (non-hydrogen) atoms. The van der Waals surface area contributed by atoms with Gasteiger partial charge in [0.2, 0.25) is 0 Å². The number of benzene rings is 1. The van der Waals surface area contributed by atoms with Gasteiger partial charge in [-0.2, -0.15) is 5.10 Å². The molecule has 0 aliphatic rings. The zero-order valence-corrected chi connectivity index (χ0v) is 7.09. The van der Waals surface area contributed by atoms with Crippen LogP contribution < -0.4 is 5.43 Å². The molecule has 0 fully saturated rings. The Balaban J connectivity index is 2.39. The third kappa shape index (κ3) is 3.68. The number of para-hydroxylation sites is 1. The highest BCUT2D eigenvalue weighted by Crippen LogP contribution is 2.03. The standard InChI is InChI=1S/C9H12N2O2/c12-7-9(13)6-10-11-8-4-2-1-3-5-8/h1-6,9,11-13H,7H2/b10-6+. The quantitative estimate of drug-likeness (QED) is 0.465. The van der Waals surface area contributed by atoms with Gasteiger partial charge in [0, 0.05) is 0 Å². The molecule has 4 nitrogen and oxygen atoms in total. The predicted octanol–water partition coefficient (Wildman–Crippen LogP) is 0.438. The third-order valence-corrected chi connectivity index (χ3v) is 1.40. The Hall–Kier alpha value is -1.39. The van der Waals surface area contributed by atoms with E-state index in [0.717, 1.165) is 5.69 Å². The zero-order chi connectivity index (χ0) is 9.52. The van der Waals surface area contributed by atoms with Crippen molar-refractivity contribution in [3.05, 3.63) is 30.3 Å². The first-order valence-corrected chi connectivity index (χ1v) is 3.96. The molecule has 0 saturated heterocycles. The number of hydrazone groups is 1. The van der Waals surface area contributed by atoms with Crippen molar-refractivity contribution < 1.29 is 10.2 Å². The van der Waals surface area contributed by atoms with Crippen LogP contribution in [0.2, 0.25) is 0 Å². The number of nitrogens with zero attached hydrogens (tertiary/aromatic N) is 1. The van der Waals surface area contributed by atoms with E-state index >= 15 is 0 Å². The minimum Gasteiger partial charge on any atom is -0.393 e. The summed E-state index contributed by atoms with van der Waals surface area (Å²) in [5, 5.41) is 21.1. The summed E-state index contributed by atoms with van der Waals surface area (Å²) in [7, 11) is 0. The molecule has 3 N–H and O–H groups in total. The summed E-state index contributed by atoms with van der Waals surface area (Å²) in [6, 6.07) is 9.35. The monoisotopic (exact) mass is 180 g/mol. The van der Waals surface area contributed by atoms with E-state index in [1.54, 1.807) is 0 Å². The van der Waals surface area contributed by atoms with Crippen molar-refractivity contribution in [2.24, 2.45) is 5.10 Å². The number of anilines is 1. The van der Waals surface area contributed by atoms with Gasteiger partial charge in [-0.25, -0.2) is 0 Å². The molecule has 0 aromatic heterocycles. The fourth-order valence-electron chi connectivity index (χ4n) is 0.758. The maximum absolute atomic E-state index is 8.90. The molecule has 1 rings (SSSR count). The molecule has 0 heterocycles. The molecular formula is C9H12N2O2. The molecule has 1 aromatic carbocycles. The van der Waals surface area contributed by atoms with E-state index in [4.69, 9.17) is 10.2 Å². The second-order valence-electron chi connectivity index (χ2n) is 2.51. The fourth-order valence-corrected chi connectivity index (χ4v) is 0.758. The summed E-state index contributed by atoms with van der Waals surface area (Å²) in [5.74, 6) is 0. The molecule has 1 unspecified atom stereocenters. The summed E-state index contributed by atoms with van der Waals surface area (Å²) in [6.45, 7) is -0.319. The van der Waals surface area contributed by atoms with Crippen molar-refractivity contribution in [3.8, 4) is 0 Å². The average Bonchev–Trinajstić information content (AvgIpc) is 2.19. The summed E-state index contributed by atoms with van der Waals surface area (Å²) in [5.41, 5.74) is 3.55. The summed E-state index contributed by atoms with van der Waals surface area (Å²) in [6.07, 6.45) is 0.337. The first-order chi connectivity index (χ1) is 6.33. The second-order valence-corrected chi connectivity index (χ2v) is 2.51. The van der Waals surface area contributed by atoms with Crippen molar-refractivity contribution in [2.75, 3.05) is 12.0 Å². The van der Waals surface area contributed by atoms with Gasteiger partial charge in [0.25, 0.3) is 0 Å². The van der Waals surface area contributed by atoms with Crippen molar-refractivity contribution in [3.63, 3.8) is 0 Å². The minimum absolute atomic E-state index is 0.319. The number of nitrogens with one attached hydrogen (secondary N) is 1. The van der Waals surface area contributed by atoms with Gasteiger partial charge < -0.3 is 10.2 Å². The van der Waals surface area contributed by atoms with Crippen LogP contribution in [0.25, 0.3) is 0 Å². The van der Waals surface area contributed by atoms with Crippen molar-refractivity contribution in [1.29, 1.82) is 0 Å².